The maximum absolute atomic E-state index is 14.4. The zero-order valence-corrected chi connectivity index (χ0v) is 24.6. The molecular weight excluding hydrogens is 514 g/mol. The predicted molar refractivity (Wildman–Crippen MR) is 160 cm³/mol. The summed E-state index contributed by atoms with van der Waals surface area (Å²) in [5.74, 6) is -0.988. The minimum absolute atomic E-state index is 0.191. The third-order valence-corrected chi connectivity index (χ3v) is 7.60. The molecule has 0 unspecified atom stereocenters. The summed E-state index contributed by atoms with van der Waals surface area (Å²) in [5, 5.41) is 5.95. The fourth-order valence-corrected chi connectivity index (χ4v) is 5.41. The normalized spacial score (nSPS) is 15.9. The minimum Gasteiger partial charge on any atom is -0.444 e. The second-order valence-corrected chi connectivity index (χ2v) is 11.7. The molecule has 1 aliphatic rings. The molecule has 0 aromatic heterocycles. The highest BCUT2D eigenvalue weighted by Gasteiger charge is 2.42. The van der Waals surface area contributed by atoms with Crippen molar-refractivity contribution in [2.45, 2.75) is 77.6 Å². The number of nitrogens with one attached hydrogen (secondary N) is 2. The monoisotopic (exact) mass is 555 g/mol. The number of nitrogens with zero attached hydrogens (tertiary/aromatic N) is 1. The number of rotatable bonds is 8. The van der Waals surface area contributed by atoms with Gasteiger partial charge in [-0.3, -0.25) is 9.59 Å². The largest absolute Gasteiger partial charge is 0.444 e. The standard InChI is InChI=1S/C34H41N3O4/c1-23-14-12-19-27(24(23)2)22-35-31(38)28-20-13-21-37(28)32(39)30(36-33(40)41-34(3,4)5)29(25-15-8-6-9-16-25)26-17-10-7-11-18-26/h6-12,14-19,28-30H,13,20-22H2,1-5H3,(H,35,38)(H,36,40)/t28-,30+/m0/s1. The molecular formula is C34H41N3O4. The first kappa shape index (κ1) is 29.8. The van der Waals surface area contributed by atoms with Crippen LogP contribution in [0, 0.1) is 13.8 Å². The minimum atomic E-state index is -0.984. The molecule has 7 nitrogen and oxygen atoms in total. The lowest BCUT2D eigenvalue weighted by atomic mass is 9.84. The van der Waals surface area contributed by atoms with Crippen LogP contribution in [0.15, 0.2) is 78.9 Å². The number of ether oxygens (including phenoxy) is 1. The first-order chi connectivity index (χ1) is 19.5. The van der Waals surface area contributed by atoms with Gasteiger partial charge in [0.05, 0.1) is 0 Å². The van der Waals surface area contributed by atoms with E-state index in [-0.39, 0.29) is 11.8 Å². The van der Waals surface area contributed by atoms with Crippen LogP contribution in [0.25, 0.3) is 0 Å². The first-order valence-electron chi connectivity index (χ1n) is 14.3. The topological polar surface area (TPSA) is 87.7 Å². The number of hydrogen-bond acceptors (Lipinski definition) is 4. The van der Waals surface area contributed by atoms with Gasteiger partial charge in [-0.1, -0.05) is 78.9 Å². The molecule has 1 aliphatic heterocycles. The quantitative estimate of drug-likeness (QED) is 0.377. The number of likely N-dealkylation sites (tertiary alicyclic amines) is 1. The van der Waals surface area contributed by atoms with Gasteiger partial charge in [-0.25, -0.2) is 4.79 Å². The molecule has 0 bridgehead atoms. The van der Waals surface area contributed by atoms with Gasteiger partial charge in [0.15, 0.2) is 0 Å². The van der Waals surface area contributed by atoms with Crippen LogP contribution in [-0.2, 0) is 20.9 Å². The predicted octanol–water partition coefficient (Wildman–Crippen LogP) is 5.64. The summed E-state index contributed by atoms with van der Waals surface area (Å²) in [6, 6.07) is 23.7. The Kier molecular flexibility index (Phi) is 9.48. The number of benzene rings is 3. The molecule has 0 saturated carbocycles. The molecule has 1 fully saturated rings. The van der Waals surface area contributed by atoms with E-state index < -0.39 is 29.7 Å². The molecule has 41 heavy (non-hydrogen) atoms. The van der Waals surface area contributed by atoms with E-state index >= 15 is 0 Å². The van der Waals surface area contributed by atoms with Gasteiger partial charge in [0, 0.05) is 19.0 Å². The molecule has 1 saturated heterocycles. The number of amides is 3. The van der Waals surface area contributed by atoms with Crippen molar-refractivity contribution in [3.05, 3.63) is 107 Å². The summed E-state index contributed by atoms with van der Waals surface area (Å²) in [6.45, 7) is 10.3. The van der Waals surface area contributed by atoms with Crippen molar-refractivity contribution >= 4 is 17.9 Å². The molecule has 216 valence electrons. The fraction of sp³-hybridized carbons (Fsp3) is 0.382. The Bertz CT molecular complexity index is 1310. The maximum Gasteiger partial charge on any atom is 0.408 e. The van der Waals surface area contributed by atoms with Crippen molar-refractivity contribution in [1.29, 1.82) is 0 Å². The summed E-state index contributed by atoms with van der Waals surface area (Å²) in [5.41, 5.74) is 4.37. The first-order valence-corrected chi connectivity index (χ1v) is 14.3. The Morgan fingerprint density at radius 3 is 2.10 bits per heavy atom. The Balaban J connectivity index is 1.64. The molecule has 2 atom stereocenters. The Morgan fingerprint density at radius 2 is 1.51 bits per heavy atom. The van der Waals surface area contributed by atoms with Gasteiger partial charge in [0.2, 0.25) is 11.8 Å². The van der Waals surface area contributed by atoms with Crippen LogP contribution in [0.5, 0.6) is 0 Å². The van der Waals surface area contributed by atoms with Crippen molar-refractivity contribution in [1.82, 2.24) is 15.5 Å². The Hall–Kier alpha value is -4.13. The van der Waals surface area contributed by atoms with E-state index in [2.05, 4.69) is 10.6 Å². The third kappa shape index (κ3) is 7.54. The maximum atomic E-state index is 14.4. The molecule has 3 aromatic carbocycles. The van der Waals surface area contributed by atoms with Gasteiger partial charge < -0.3 is 20.3 Å². The van der Waals surface area contributed by atoms with E-state index in [1.807, 2.05) is 92.7 Å². The van der Waals surface area contributed by atoms with Crippen molar-refractivity contribution in [3.63, 3.8) is 0 Å². The lowest BCUT2D eigenvalue weighted by molar-refractivity contribution is -0.140. The van der Waals surface area contributed by atoms with Gasteiger partial charge in [0.25, 0.3) is 0 Å². The molecule has 7 heteroatoms. The zero-order valence-electron chi connectivity index (χ0n) is 24.6. The highest BCUT2D eigenvalue weighted by molar-refractivity contribution is 5.93. The van der Waals surface area contributed by atoms with Crippen LogP contribution >= 0.6 is 0 Å². The van der Waals surface area contributed by atoms with E-state index in [9.17, 15) is 14.4 Å². The average Bonchev–Trinajstić information content (AvgIpc) is 3.43. The van der Waals surface area contributed by atoms with E-state index in [4.69, 9.17) is 4.74 Å². The number of hydrogen-bond donors (Lipinski definition) is 2. The van der Waals surface area contributed by atoms with Gasteiger partial charge in [-0.2, -0.15) is 0 Å². The van der Waals surface area contributed by atoms with Crippen LogP contribution in [0.4, 0.5) is 4.79 Å². The SMILES string of the molecule is Cc1cccc(CNC(=O)[C@@H]2CCCN2C(=O)[C@H](NC(=O)OC(C)(C)C)C(c2ccccc2)c2ccccc2)c1C. The summed E-state index contributed by atoms with van der Waals surface area (Å²) in [7, 11) is 0. The van der Waals surface area contributed by atoms with Crippen molar-refractivity contribution < 1.29 is 19.1 Å². The summed E-state index contributed by atoms with van der Waals surface area (Å²) < 4.78 is 5.59. The second-order valence-electron chi connectivity index (χ2n) is 11.7. The van der Waals surface area contributed by atoms with Crippen LogP contribution in [-0.4, -0.2) is 47.0 Å². The lowest BCUT2D eigenvalue weighted by Crippen LogP contribution is -2.56. The van der Waals surface area contributed by atoms with Crippen LogP contribution < -0.4 is 10.6 Å². The smallest absolute Gasteiger partial charge is 0.408 e. The molecule has 0 aliphatic carbocycles. The van der Waals surface area contributed by atoms with Gasteiger partial charge in [-0.15, -0.1) is 0 Å². The molecule has 0 radical (unpaired) electrons. The van der Waals surface area contributed by atoms with E-state index in [0.29, 0.717) is 25.9 Å². The van der Waals surface area contributed by atoms with E-state index in [1.165, 1.54) is 5.56 Å². The second kappa shape index (κ2) is 13.0. The molecule has 4 rings (SSSR count). The van der Waals surface area contributed by atoms with Crippen LogP contribution in [0.2, 0.25) is 0 Å². The van der Waals surface area contributed by atoms with E-state index in [1.54, 1.807) is 25.7 Å². The molecule has 3 aromatic rings. The Morgan fingerprint density at radius 1 is 0.902 bits per heavy atom. The molecule has 2 N–H and O–H groups in total. The number of carbonyl (C=O) groups excluding carboxylic acids is 3. The van der Waals surface area contributed by atoms with Crippen LogP contribution in [0.3, 0.4) is 0 Å². The van der Waals surface area contributed by atoms with Gasteiger partial charge in [0.1, 0.15) is 17.7 Å². The lowest BCUT2D eigenvalue weighted by Gasteiger charge is -2.34. The van der Waals surface area contributed by atoms with Crippen LogP contribution in [0.1, 0.15) is 67.3 Å². The fourth-order valence-electron chi connectivity index (χ4n) is 5.41. The van der Waals surface area contributed by atoms with Gasteiger partial charge in [-0.05, 0) is 75.3 Å². The van der Waals surface area contributed by atoms with Crippen molar-refractivity contribution in [2.24, 2.45) is 0 Å². The summed E-state index contributed by atoms with van der Waals surface area (Å²) in [6.07, 6.45) is 0.585. The molecule has 3 amide bonds. The Labute approximate surface area is 243 Å². The van der Waals surface area contributed by atoms with Gasteiger partial charge >= 0.3 is 6.09 Å². The number of aryl methyl sites for hydroxylation is 1. The highest BCUT2D eigenvalue weighted by Crippen LogP contribution is 2.31. The van der Waals surface area contributed by atoms with Crippen molar-refractivity contribution in [2.75, 3.05) is 6.54 Å². The third-order valence-electron chi connectivity index (χ3n) is 7.60. The van der Waals surface area contributed by atoms with Crippen molar-refractivity contribution in [3.8, 4) is 0 Å². The zero-order chi connectivity index (χ0) is 29.6. The molecule has 1 heterocycles. The molecule has 0 spiro atoms. The van der Waals surface area contributed by atoms with E-state index in [0.717, 1.165) is 22.3 Å². The summed E-state index contributed by atoms with van der Waals surface area (Å²) in [4.78, 5) is 42.6. The average molecular weight is 556 g/mol. The number of alkyl carbamates (subject to hydrolysis) is 1. The summed E-state index contributed by atoms with van der Waals surface area (Å²) >= 11 is 0. The number of carbonyl (C=O) groups is 3. The highest BCUT2D eigenvalue weighted by atomic mass is 16.6.